The van der Waals surface area contributed by atoms with Crippen molar-refractivity contribution >= 4 is 34.9 Å². The van der Waals surface area contributed by atoms with Gasteiger partial charge in [-0.2, -0.15) is 0 Å². The Morgan fingerprint density at radius 1 is 1.29 bits per heavy atom. The summed E-state index contributed by atoms with van der Waals surface area (Å²) < 4.78 is 10.3. The summed E-state index contributed by atoms with van der Waals surface area (Å²) in [5.74, 6) is -0.551. The van der Waals surface area contributed by atoms with Gasteiger partial charge in [-0.15, -0.1) is 0 Å². The molecule has 1 amide bonds. The molecule has 6 nitrogen and oxygen atoms in total. The Kier molecular flexibility index (Phi) is 8.21. The predicted molar refractivity (Wildman–Crippen MR) is 96.9 cm³/mol. The predicted octanol–water partition coefficient (Wildman–Crippen LogP) is 2.57. The summed E-state index contributed by atoms with van der Waals surface area (Å²) in [5, 5.41) is 5.39. The van der Waals surface area contributed by atoms with Crippen LogP contribution in [0.2, 0.25) is 0 Å². The standard InChI is InChI=1S/C17H20N2O4S/c1-4-22-16(21)10-9-15(20)19-17(24)18-13-7-5-6-8-14(13)23-11-12(2)3/h5-10H,2,4,11H2,1,3H3,(H2,18,19,20,24)/b10-9+. The normalized spacial score (nSPS) is 10.1. The lowest BCUT2D eigenvalue weighted by Gasteiger charge is -2.13. The molecule has 0 fully saturated rings. The lowest BCUT2D eigenvalue weighted by atomic mass is 10.3. The van der Waals surface area contributed by atoms with Gasteiger partial charge in [0.05, 0.1) is 12.3 Å². The maximum atomic E-state index is 11.7. The zero-order valence-corrected chi connectivity index (χ0v) is 14.4. The Bertz CT molecular complexity index is 656. The number of nitrogens with one attached hydrogen (secondary N) is 2. The molecule has 1 rings (SSSR count). The SMILES string of the molecule is C=C(C)COc1ccccc1NC(=S)NC(=O)/C=C/C(=O)OCC. The first-order valence-electron chi connectivity index (χ1n) is 7.25. The monoisotopic (exact) mass is 348 g/mol. The zero-order chi connectivity index (χ0) is 17.9. The molecule has 0 saturated heterocycles. The van der Waals surface area contributed by atoms with Crippen LogP contribution in [0.25, 0.3) is 0 Å². The number of para-hydroxylation sites is 2. The Balaban J connectivity index is 2.60. The van der Waals surface area contributed by atoms with Gasteiger partial charge in [-0.25, -0.2) is 4.79 Å². The molecule has 0 atom stereocenters. The van der Waals surface area contributed by atoms with Crippen LogP contribution in [0.5, 0.6) is 5.75 Å². The third-order valence-electron chi connectivity index (χ3n) is 2.50. The molecule has 0 aliphatic heterocycles. The molecule has 24 heavy (non-hydrogen) atoms. The molecule has 0 saturated carbocycles. The van der Waals surface area contributed by atoms with Gasteiger partial charge in [-0.05, 0) is 43.8 Å². The summed E-state index contributed by atoms with van der Waals surface area (Å²) in [4.78, 5) is 22.8. The number of carbonyl (C=O) groups is 2. The number of carbonyl (C=O) groups excluding carboxylic acids is 2. The highest BCUT2D eigenvalue weighted by atomic mass is 32.1. The van der Waals surface area contributed by atoms with E-state index < -0.39 is 11.9 Å². The zero-order valence-electron chi connectivity index (χ0n) is 13.6. The fourth-order valence-electron chi connectivity index (χ4n) is 1.54. The molecule has 0 aliphatic rings. The second kappa shape index (κ2) is 10.2. The minimum Gasteiger partial charge on any atom is -0.487 e. The second-order valence-electron chi connectivity index (χ2n) is 4.77. The van der Waals surface area contributed by atoms with E-state index in [1.807, 2.05) is 13.0 Å². The lowest BCUT2D eigenvalue weighted by Crippen LogP contribution is -2.33. The van der Waals surface area contributed by atoms with E-state index in [0.717, 1.165) is 17.7 Å². The number of rotatable bonds is 7. The molecule has 7 heteroatoms. The van der Waals surface area contributed by atoms with E-state index in [9.17, 15) is 9.59 Å². The maximum Gasteiger partial charge on any atom is 0.330 e. The number of esters is 1. The molecule has 0 radical (unpaired) electrons. The summed E-state index contributed by atoms with van der Waals surface area (Å²) in [7, 11) is 0. The molecule has 1 aromatic rings. The van der Waals surface area contributed by atoms with Crippen LogP contribution in [0.4, 0.5) is 5.69 Å². The van der Waals surface area contributed by atoms with E-state index in [1.54, 1.807) is 25.1 Å². The largest absolute Gasteiger partial charge is 0.487 e. The van der Waals surface area contributed by atoms with E-state index in [1.165, 1.54) is 0 Å². The summed E-state index contributed by atoms with van der Waals surface area (Å²) in [5.41, 5.74) is 1.49. The van der Waals surface area contributed by atoms with Crippen molar-refractivity contribution in [3.63, 3.8) is 0 Å². The van der Waals surface area contributed by atoms with Crippen molar-refractivity contribution < 1.29 is 19.1 Å². The first kappa shape index (κ1) is 19.4. The number of hydrogen-bond donors (Lipinski definition) is 2. The molecule has 0 aromatic heterocycles. The van der Waals surface area contributed by atoms with Gasteiger partial charge >= 0.3 is 5.97 Å². The van der Waals surface area contributed by atoms with Crippen LogP contribution >= 0.6 is 12.2 Å². The van der Waals surface area contributed by atoms with Gasteiger partial charge in [0.1, 0.15) is 12.4 Å². The van der Waals surface area contributed by atoms with Crippen molar-refractivity contribution in [2.24, 2.45) is 0 Å². The minimum atomic E-state index is -0.593. The topological polar surface area (TPSA) is 76.7 Å². The van der Waals surface area contributed by atoms with Crippen molar-refractivity contribution in [2.45, 2.75) is 13.8 Å². The molecule has 2 N–H and O–H groups in total. The fourth-order valence-corrected chi connectivity index (χ4v) is 1.75. The Labute approximate surface area is 146 Å². The van der Waals surface area contributed by atoms with Crippen LogP contribution in [0.1, 0.15) is 13.8 Å². The first-order chi connectivity index (χ1) is 11.4. The highest BCUT2D eigenvalue weighted by molar-refractivity contribution is 7.80. The van der Waals surface area contributed by atoms with E-state index in [4.69, 9.17) is 17.0 Å². The van der Waals surface area contributed by atoms with Crippen LogP contribution in [-0.4, -0.2) is 30.2 Å². The Hall–Kier alpha value is -2.67. The molecular weight excluding hydrogens is 328 g/mol. The van der Waals surface area contributed by atoms with Gasteiger partial charge in [-0.1, -0.05) is 18.7 Å². The minimum absolute atomic E-state index is 0.0832. The van der Waals surface area contributed by atoms with Crippen molar-refractivity contribution in [2.75, 3.05) is 18.5 Å². The Morgan fingerprint density at radius 3 is 2.67 bits per heavy atom. The van der Waals surface area contributed by atoms with Crippen LogP contribution in [-0.2, 0) is 14.3 Å². The highest BCUT2D eigenvalue weighted by Crippen LogP contribution is 2.23. The third-order valence-corrected chi connectivity index (χ3v) is 2.71. The molecule has 0 unspecified atom stereocenters. The van der Waals surface area contributed by atoms with Crippen molar-refractivity contribution in [1.29, 1.82) is 0 Å². The number of thiocarbonyl (C=S) groups is 1. The van der Waals surface area contributed by atoms with Gasteiger partial charge in [0.25, 0.3) is 0 Å². The second-order valence-corrected chi connectivity index (χ2v) is 5.18. The van der Waals surface area contributed by atoms with Crippen molar-refractivity contribution in [1.82, 2.24) is 5.32 Å². The summed E-state index contributed by atoms with van der Waals surface area (Å²) in [6, 6.07) is 7.17. The quantitative estimate of drug-likeness (QED) is 0.341. The molecule has 0 heterocycles. The molecule has 1 aromatic carbocycles. The molecular formula is C17H20N2O4S. The first-order valence-corrected chi connectivity index (χ1v) is 7.66. The third kappa shape index (κ3) is 7.55. The summed E-state index contributed by atoms with van der Waals surface area (Å²) in [6.07, 6.45) is 2.08. The summed E-state index contributed by atoms with van der Waals surface area (Å²) in [6.45, 7) is 7.93. The van der Waals surface area contributed by atoms with Gasteiger partial charge in [0.15, 0.2) is 5.11 Å². The van der Waals surface area contributed by atoms with Crippen molar-refractivity contribution in [3.05, 3.63) is 48.6 Å². The van der Waals surface area contributed by atoms with Crippen LogP contribution in [0.15, 0.2) is 48.6 Å². The number of ether oxygens (including phenoxy) is 2. The van der Waals surface area contributed by atoms with Crippen LogP contribution in [0.3, 0.4) is 0 Å². The number of amides is 1. The Morgan fingerprint density at radius 2 is 2.00 bits per heavy atom. The van der Waals surface area contributed by atoms with Crippen molar-refractivity contribution in [3.8, 4) is 5.75 Å². The van der Waals surface area contributed by atoms with E-state index in [-0.39, 0.29) is 11.7 Å². The van der Waals surface area contributed by atoms with E-state index >= 15 is 0 Å². The number of anilines is 1. The molecule has 0 spiro atoms. The molecule has 0 bridgehead atoms. The lowest BCUT2D eigenvalue weighted by molar-refractivity contribution is -0.137. The van der Waals surface area contributed by atoms with Gasteiger partial charge in [0, 0.05) is 12.2 Å². The van der Waals surface area contributed by atoms with E-state index in [0.29, 0.717) is 18.0 Å². The average molecular weight is 348 g/mol. The van der Waals surface area contributed by atoms with Crippen LogP contribution < -0.4 is 15.4 Å². The maximum absolute atomic E-state index is 11.7. The van der Waals surface area contributed by atoms with Crippen LogP contribution in [0, 0.1) is 0 Å². The molecule has 128 valence electrons. The fraction of sp³-hybridized carbons (Fsp3) is 0.235. The average Bonchev–Trinajstić information content (AvgIpc) is 2.52. The van der Waals surface area contributed by atoms with Gasteiger partial charge in [-0.3, -0.25) is 10.1 Å². The summed E-state index contributed by atoms with van der Waals surface area (Å²) >= 11 is 5.07. The van der Waals surface area contributed by atoms with E-state index in [2.05, 4.69) is 21.9 Å². The number of benzene rings is 1. The van der Waals surface area contributed by atoms with Gasteiger partial charge < -0.3 is 14.8 Å². The highest BCUT2D eigenvalue weighted by Gasteiger charge is 2.07. The number of hydrogen-bond acceptors (Lipinski definition) is 5. The van der Waals surface area contributed by atoms with Gasteiger partial charge in [0.2, 0.25) is 5.91 Å². The molecule has 0 aliphatic carbocycles. The smallest absolute Gasteiger partial charge is 0.330 e.